The smallest absolute Gasteiger partial charge is 0.415 e. The lowest BCUT2D eigenvalue weighted by atomic mass is 9.92. The summed E-state index contributed by atoms with van der Waals surface area (Å²) in [6.45, 7) is 2.32. The third-order valence-corrected chi connectivity index (χ3v) is 5.41. The number of hydrogen-bond donors (Lipinski definition) is 1. The molecule has 2 atom stereocenters. The summed E-state index contributed by atoms with van der Waals surface area (Å²) in [6, 6.07) is 6.93. The zero-order valence-corrected chi connectivity index (χ0v) is 16.3. The first-order valence-electron chi connectivity index (χ1n) is 9.96. The molecule has 0 spiro atoms. The third-order valence-electron chi connectivity index (χ3n) is 5.41. The van der Waals surface area contributed by atoms with Crippen LogP contribution in [0.1, 0.15) is 37.7 Å². The van der Waals surface area contributed by atoms with E-state index in [0.29, 0.717) is 12.2 Å². The van der Waals surface area contributed by atoms with Crippen LogP contribution in [0.5, 0.6) is 5.75 Å². The van der Waals surface area contributed by atoms with Gasteiger partial charge in [-0.25, -0.2) is 4.79 Å². The summed E-state index contributed by atoms with van der Waals surface area (Å²) in [7, 11) is 1.34. The number of carbonyl (C=O) groups excluding carboxylic acids is 3. The standard InChI is InChI=1S/C21H28N2O5/c1-27-20(25)16(14-19(24)18-5-4-10-22-18)13-15-6-8-17(9-7-15)28-21(26)23-11-2-3-12-23/h6-9,16,18,22H,2-5,10-14H2,1H3/t16-,18+/m1/s1. The van der Waals surface area contributed by atoms with E-state index in [1.165, 1.54) is 7.11 Å². The van der Waals surface area contributed by atoms with Crippen LogP contribution in [-0.4, -0.2) is 55.5 Å². The van der Waals surface area contributed by atoms with Gasteiger partial charge >= 0.3 is 12.1 Å². The minimum atomic E-state index is -0.516. The Labute approximate surface area is 165 Å². The van der Waals surface area contributed by atoms with Crippen molar-refractivity contribution < 1.29 is 23.9 Å². The number of Topliss-reactive ketones (excluding diaryl/α,β-unsaturated/α-hetero) is 1. The van der Waals surface area contributed by atoms with Crippen LogP contribution in [-0.2, 0) is 20.7 Å². The van der Waals surface area contributed by atoms with Crippen LogP contribution in [0.25, 0.3) is 0 Å². The highest BCUT2D eigenvalue weighted by molar-refractivity contribution is 5.88. The van der Waals surface area contributed by atoms with Gasteiger partial charge in [-0.1, -0.05) is 12.1 Å². The molecule has 7 heteroatoms. The SMILES string of the molecule is COC(=O)[C@@H](CC(=O)[C@@H]1CCCN1)Cc1ccc(OC(=O)N2CCCC2)cc1. The Balaban J connectivity index is 1.58. The van der Waals surface area contributed by atoms with E-state index in [1.54, 1.807) is 17.0 Å². The Morgan fingerprint density at radius 3 is 2.46 bits per heavy atom. The highest BCUT2D eigenvalue weighted by Gasteiger charge is 2.29. The Morgan fingerprint density at radius 2 is 1.86 bits per heavy atom. The first kappa shape index (κ1) is 20.3. The number of ketones is 1. The summed E-state index contributed by atoms with van der Waals surface area (Å²) in [5, 5.41) is 3.18. The molecule has 1 N–H and O–H groups in total. The molecule has 2 heterocycles. The van der Waals surface area contributed by atoms with Crippen molar-refractivity contribution in [1.82, 2.24) is 10.2 Å². The molecule has 0 unspecified atom stereocenters. The van der Waals surface area contributed by atoms with Crippen LogP contribution in [0.2, 0.25) is 0 Å². The zero-order valence-electron chi connectivity index (χ0n) is 16.3. The van der Waals surface area contributed by atoms with E-state index in [1.807, 2.05) is 12.1 Å². The van der Waals surface area contributed by atoms with Crippen molar-refractivity contribution in [3.05, 3.63) is 29.8 Å². The normalized spacial score (nSPS) is 20.0. The van der Waals surface area contributed by atoms with Gasteiger partial charge in [-0.2, -0.15) is 0 Å². The van der Waals surface area contributed by atoms with Crippen LogP contribution in [0.3, 0.4) is 0 Å². The monoisotopic (exact) mass is 388 g/mol. The van der Waals surface area contributed by atoms with Crippen LogP contribution in [0, 0.1) is 5.92 Å². The van der Waals surface area contributed by atoms with E-state index in [0.717, 1.165) is 50.9 Å². The van der Waals surface area contributed by atoms with Crippen LogP contribution < -0.4 is 10.1 Å². The topological polar surface area (TPSA) is 84.9 Å². The third kappa shape index (κ3) is 5.32. The Kier molecular flexibility index (Phi) is 7.03. The molecule has 0 radical (unpaired) electrons. The second kappa shape index (κ2) is 9.68. The molecule has 2 aliphatic rings. The second-order valence-electron chi connectivity index (χ2n) is 7.45. The molecule has 3 rings (SSSR count). The van der Waals surface area contributed by atoms with Crippen molar-refractivity contribution in [2.24, 2.45) is 5.92 Å². The number of amides is 1. The summed E-state index contributed by atoms with van der Waals surface area (Å²) >= 11 is 0. The lowest BCUT2D eigenvalue weighted by Crippen LogP contribution is -2.34. The van der Waals surface area contributed by atoms with Crippen molar-refractivity contribution in [3.8, 4) is 5.75 Å². The van der Waals surface area contributed by atoms with E-state index >= 15 is 0 Å². The highest BCUT2D eigenvalue weighted by Crippen LogP contribution is 2.21. The quantitative estimate of drug-likeness (QED) is 0.722. The van der Waals surface area contributed by atoms with Crippen LogP contribution >= 0.6 is 0 Å². The predicted octanol–water partition coefficient (Wildman–Crippen LogP) is 2.32. The maximum atomic E-state index is 12.4. The van der Waals surface area contributed by atoms with Gasteiger partial charge in [-0.15, -0.1) is 0 Å². The number of benzene rings is 1. The molecule has 0 aromatic heterocycles. The fraction of sp³-hybridized carbons (Fsp3) is 0.571. The zero-order chi connectivity index (χ0) is 19.9. The van der Waals surface area contributed by atoms with Crippen LogP contribution in [0.4, 0.5) is 4.79 Å². The Morgan fingerprint density at radius 1 is 1.14 bits per heavy atom. The number of rotatable bonds is 7. The lowest BCUT2D eigenvalue weighted by molar-refractivity contribution is -0.147. The molecular weight excluding hydrogens is 360 g/mol. The fourth-order valence-corrected chi connectivity index (χ4v) is 3.79. The maximum Gasteiger partial charge on any atom is 0.415 e. The number of ether oxygens (including phenoxy) is 2. The molecule has 2 fully saturated rings. The minimum absolute atomic E-state index is 0.0593. The molecule has 0 aliphatic carbocycles. The van der Waals surface area contributed by atoms with E-state index < -0.39 is 5.92 Å². The largest absolute Gasteiger partial charge is 0.469 e. The highest BCUT2D eigenvalue weighted by atomic mass is 16.6. The van der Waals surface area contributed by atoms with Gasteiger partial charge in [0, 0.05) is 19.5 Å². The van der Waals surface area contributed by atoms with E-state index in [9.17, 15) is 14.4 Å². The minimum Gasteiger partial charge on any atom is -0.469 e. The van der Waals surface area contributed by atoms with Crippen molar-refractivity contribution in [3.63, 3.8) is 0 Å². The Hall–Kier alpha value is -2.41. The number of nitrogens with zero attached hydrogens (tertiary/aromatic N) is 1. The molecule has 1 aromatic carbocycles. The van der Waals surface area contributed by atoms with Crippen molar-refractivity contribution in [2.75, 3.05) is 26.7 Å². The average molecular weight is 388 g/mol. The molecule has 0 saturated carbocycles. The van der Waals surface area contributed by atoms with Crippen LogP contribution in [0.15, 0.2) is 24.3 Å². The summed E-state index contributed by atoms with van der Waals surface area (Å²) in [6.07, 6.45) is 4.07. The first-order valence-corrected chi connectivity index (χ1v) is 9.96. The number of esters is 1. The van der Waals surface area contributed by atoms with Gasteiger partial charge < -0.3 is 19.7 Å². The Bertz CT molecular complexity index is 691. The van der Waals surface area contributed by atoms with E-state index in [4.69, 9.17) is 9.47 Å². The number of hydrogen-bond acceptors (Lipinski definition) is 6. The van der Waals surface area contributed by atoms with E-state index in [2.05, 4.69) is 5.32 Å². The number of carbonyl (C=O) groups is 3. The van der Waals surface area contributed by atoms with Gasteiger partial charge in [-0.05, 0) is 56.3 Å². The van der Waals surface area contributed by atoms with Gasteiger partial charge in [0.15, 0.2) is 5.78 Å². The van der Waals surface area contributed by atoms with Gasteiger partial charge in [0.2, 0.25) is 0 Å². The maximum absolute atomic E-state index is 12.4. The second-order valence-corrected chi connectivity index (χ2v) is 7.45. The fourth-order valence-electron chi connectivity index (χ4n) is 3.79. The summed E-state index contributed by atoms with van der Waals surface area (Å²) in [4.78, 5) is 38.3. The lowest BCUT2D eigenvalue weighted by Gasteiger charge is -2.17. The molecule has 7 nitrogen and oxygen atoms in total. The molecule has 1 amide bonds. The predicted molar refractivity (Wildman–Crippen MR) is 103 cm³/mol. The summed E-state index contributed by atoms with van der Waals surface area (Å²) in [5.74, 6) is -0.362. The number of methoxy groups -OCH3 is 1. The van der Waals surface area contributed by atoms with Crippen molar-refractivity contribution in [2.45, 2.75) is 44.6 Å². The van der Waals surface area contributed by atoms with Gasteiger partial charge in [-0.3, -0.25) is 9.59 Å². The molecule has 2 saturated heterocycles. The summed E-state index contributed by atoms with van der Waals surface area (Å²) < 4.78 is 10.3. The van der Waals surface area contributed by atoms with Crippen molar-refractivity contribution >= 4 is 17.8 Å². The van der Waals surface area contributed by atoms with Crippen molar-refractivity contribution in [1.29, 1.82) is 0 Å². The molecular formula is C21H28N2O5. The van der Waals surface area contributed by atoms with E-state index in [-0.39, 0.29) is 30.3 Å². The molecule has 152 valence electrons. The van der Waals surface area contributed by atoms with Gasteiger partial charge in [0.05, 0.1) is 19.1 Å². The number of likely N-dealkylation sites (tertiary alicyclic amines) is 1. The first-order chi connectivity index (χ1) is 13.6. The average Bonchev–Trinajstić information content (AvgIpc) is 3.42. The molecule has 28 heavy (non-hydrogen) atoms. The molecule has 0 bridgehead atoms. The van der Waals surface area contributed by atoms with Gasteiger partial charge in [0.1, 0.15) is 5.75 Å². The summed E-state index contributed by atoms with van der Waals surface area (Å²) in [5.41, 5.74) is 0.892. The molecule has 2 aliphatic heterocycles. The molecule has 1 aromatic rings. The number of nitrogens with one attached hydrogen (secondary N) is 1. The van der Waals surface area contributed by atoms with Gasteiger partial charge in [0.25, 0.3) is 0 Å².